The molecule has 0 atom stereocenters. The van der Waals surface area contributed by atoms with Crippen molar-refractivity contribution in [3.8, 4) is 0 Å². The molecular formula is C8H6N3S. The van der Waals surface area contributed by atoms with E-state index in [4.69, 9.17) is 0 Å². The lowest BCUT2D eigenvalue weighted by Crippen LogP contribution is -1.88. The third-order valence-electron chi connectivity index (χ3n) is 1.28. The summed E-state index contributed by atoms with van der Waals surface area (Å²) in [6.45, 7) is 0. The van der Waals surface area contributed by atoms with Crippen LogP contribution in [0, 0.1) is 6.20 Å². The van der Waals surface area contributed by atoms with Crippen molar-refractivity contribution >= 4 is 22.2 Å². The Balaban J connectivity index is 2.15. The molecule has 0 aliphatic carbocycles. The molecule has 1 radical (unpaired) electrons. The molecule has 12 heavy (non-hydrogen) atoms. The van der Waals surface area contributed by atoms with Crippen LogP contribution in [0.2, 0.25) is 0 Å². The summed E-state index contributed by atoms with van der Waals surface area (Å²) in [5.41, 5.74) is 0.840. The Hall–Kier alpha value is -1.42. The van der Waals surface area contributed by atoms with Gasteiger partial charge in [-0.25, -0.2) is 4.98 Å². The molecule has 2 aromatic rings. The highest BCUT2D eigenvalue weighted by Gasteiger charge is 1.94. The van der Waals surface area contributed by atoms with Crippen LogP contribution in [0.5, 0.6) is 0 Å². The summed E-state index contributed by atoms with van der Waals surface area (Å²) >= 11 is 1.55. The van der Waals surface area contributed by atoms with Gasteiger partial charge in [0.15, 0.2) is 5.13 Å². The number of rotatable bonds is 2. The Kier molecular flexibility index (Phi) is 2.00. The van der Waals surface area contributed by atoms with Gasteiger partial charge in [-0.05, 0) is 12.1 Å². The second-order valence-corrected chi connectivity index (χ2v) is 3.02. The summed E-state index contributed by atoms with van der Waals surface area (Å²) in [6, 6.07) is 3.75. The molecule has 0 amide bonds. The third kappa shape index (κ3) is 1.60. The molecule has 2 aromatic heterocycles. The van der Waals surface area contributed by atoms with Crippen LogP contribution in [0.15, 0.2) is 29.9 Å². The van der Waals surface area contributed by atoms with Gasteiger partial charge in [0.2, 0.25) is 0 Å². The van der Waals surface area contributed by atoms with E-state index in [0.29, 0.717) is 0 Å². The van der Waals surface area contributed by atoms with Crippen LogP contribution in [-0.4, -0.2) is 9.97 Å². The topological polar surface area (TPSA) is 37.8 Å². The molecule has 2 rings (SSSR count). The smallest absolute Gasteiger partial charge is 0.187 e. The number of anilines is 2. The maximum Gasteiger partial charge on any atom is 0.187 e. The van der Waals surface area contributed by atoms with Gasteiger partial charge >= 0.3 is 0 Å². The Morgan fingerprint density at radius 2 is 2.42 bits per heavy atom. The average Bonchev–Trinajstić information content (AvgIpc) is 2.59. The van der Waals surface area contributed by atoms with Gasteiger partial charge in [-0.1, -0.05) is 0 Å². The van der Waals surface area contributed by atoms with E-state index in [2.05, 4.69) is 21.5 Å². The second kappa shape index (κ2) is 3.32. The molecule has 2 heterocycles. The van der Waals surface area contributed by atoms with Crippen LogP contribution in [0.25, 0.3) is 0 Å². The predicted octanol–water partition coefficient (Wildman–Crippen LogP) is 2.08. The van der Waals surface area contributed by atoms with Gasteiger partial charge in [0, 0.05) is 17.8 Å². The summed E-state index contributed by atoms with van der Waals surface area (Å²) < 4.78 is 0. The largest absolute Gasteiger partial charge is 0.330 e. The highest BCUT2D eigenvalue weighted by atomic mass is 32.1. The van der Waals surface area contributed by atoms with E-state index in [1.54, 1.807) is 23.7 Å². The first-order valence-electron chi connectivity index (χ1n) is 3.44. The molecule has 0 aliphatic heterocycles. The lowest BCUT2D eigenvalue weighted by molar-refractivity contribution is 1.29. The summed E-state index contributed by atoms with van der Waals surface area (Å²) in [7, 11) is 0. The van der Waals surface area contributed by atoms with Crippen LogP contribution in [-0.2, 0) is 0 Å². The molecule has 0 saturated carbocycles. The maximum absolute atomic E-state index is 4.07. The van der Waals surface area contributed by atoms with Gasteiger partial charge in [0.25, 0.3) is 0 Å². The molecule has 0 unspecified atom stereocenters. The number of pyridine rings is 1. The first-order valence-corrected chi connectivity index (χ1v) is 4.32. The van der Waals surface area contributed by atoms with Crippen LogP contribution < -0.4 is 5.32 Å². The zero-order chi connectivity index (χ0) is 8.23. The van der Waals surface area contributed by atoms with Gasteiger partial charge < -0.3 is 5.32 Å². The Labute approximate surface area is 74.1 Å². The Bertz CT molecular complexity index is 330. The summed E-state index contributed by atoms with van der Waals surface area (Å²) in [5.74, 6) is 0. The highest BCUT2D eigenvalue weighted by molar-refractivity contribution is 7.13. The van der Waals surface area contributed by atoms with Gasteiger partial charge in [0.05, 0.1) is 5.69 Å². The molecule has 0 fully saturated rings. The van der Waals surface area contributed by atoms with Crippen LogP contribution in [0.1, 0.15) is 0 Å². The van der Waals surface area contributed by atoms with Gasteiger partial charge in [0.1, 0.15) is 6.20 Å². The van der Waals surface area contributed by atoms with E-state index in [9.17, 15) is 0 Å². The molecule has 0 bridgehead atoms. The van der Waals surface area contributed by atoms with E-state index in [1.165, 1.54) is 0 Å². The number of aromatic nitrogens is 2. The van der Waals surface area contributed by atoms with Crippen molar-refractivity contribution in [2.45, 2.75) is 0 Å². The third-order valence-corrected chi connectivity index (χ3v) is 1.97. The molecule has 3 nitrogen and oxygen atoms in total. The molecule has 0 aliphatic rings. The van der Waals surface area contributed by atoms with Crippen LogP contribution >= 0.6 is 11.3 Å². The highest BCUT2D eigenvalue weighted by Crippen LogP contribution is 2.16. The number of hydrogen-bond donors (Lipinski definition) is 1. The molecule has 1 N–H and O–H groups in total. The normalized spacial score (nSPS) is 9.67. The number of nitrogens with zero attached hydrogens (tertiary/aromatic N) is 2. The molecular weight excluding hydrogens is 170 g/mol. The molecule has 0 saturated heterocycles. The van der Waals surface area contributed by atoms with Gasteiger partial charge in [-0.3, -0.25) is 4.98 Å². The first-order chi connectivity index (χ1) is 5.95. The first kappa shape index (κ1) is 7.24. The minimum absolute atomic E-state index is 0.840. The zero-order valence-electron chi connectivity index (χ0n) is 6.19. The molecule has 0 spiro atoms. The van der Waals surface area contributed by atoms with E-state index >= 15 is 0 Å². The number of nitrogens with one attached hydrogen (secondary N) is 1. The SMILES string of the molecule is [c]1ncccc1Nc1nccs1. The maximum atomic E-state index is 4.07. The fourth-order valence-electron chi connectivity index (χ4n) is 0.796. The van der Waals surface area contributed by atoms with Gasteiger partial charge in [-0.15, -0.1) is 11.3 Å². The second-order valence-electron chi connectivity index (χ2n) is 2.13. The van der Waals surface area contributed by atoms with Crippen molar-refractivity contribution in [2.24, 2.45) is 0 Å². The van der Waals surface area contributed by atoms with Crippen molar-refractivity contribution in [3.05, 3.63) is 36.1 Å². The van der Waals surface area contributed by atoms with Crippen molar-refractivity contribution in [1.29, 1.82) is 0 Å². The minimum atomic E-state index is 0.840. The molecule has 59 valence electrons. The summed E-state index contributed by atoms with van der Waals surface area (Å²) in [4.78, 5) is 7.93. The van der Waals surface area contributed by atoms with E-state index in [0.717, 1.165) is 10.8 Å². The zero-order valence-corrected chi connectivity index (χ0v) is 7.01. The monoisotopic (exact) mass is 176 g/mol. The van der Waals surface area contributed by atoms with Crippen LogP contribution in [0.4, 0.5) is 10.8 Å². The quantitative estimate of drug-likeness (QED) is 0.761. The van der Waals surface area contributed by atoms with E-state index < -0.39 is 0 Å². The standard InChI is InChI=1S/C8H6N3S/c1-2-7(6-9-3-1)11-8-10-4-5-12-8/h1-5H,(H,10,11). The van der Waals surface area contributed by atoms with E-state index in [1.807, 2.05) is 17.5 Å². The Morgan fingerprint density at radius 1 is 1.42 bits per heavy atom. The number of hydrogen-bond acceptors (Lipinski definition) is 4. The lowest BCUT2D eigenvalue weighted by atomic mass is 10.4. The van der Waals surface area contributed by atoms with Crippen molar-refractivity contribution in [3.63, 3.8) is 0 Å². The number of thiazole rings is 1. The summed E-state index contributed by atoms with van der Waals surface area (Å²) in [5, 5.41) is 5.85. The van der Waals surface area contributed by atoms with Crippen LogP contribution in [0.3, 0.4) is 0 Å². The average molecular weight is 176 g/mol. The van der Waals surface area contributed by atoms with Crippen molar-refractivity contribution in [1.82, 2.24) is 9.97 Å². The minimum Gasteiger partial charge on any atom is -0.330 e. The lowest BCUT2D eigenvalue weighted by Gasteiger charge is -1.98. The van der Waals surface area contributed by atoms with Gasteiger partial charge in [-0.2, -0.15) is 0 Å². The fourth-order valence-corrected chi connectivity index (χ4v) is 1.34. The fraction of sp³-hybridized carbons (Fsp3) is 0. The van der Waals surface area contributed by atoms with Crippen molar-refractivity contribution < 1.29 is 0 Å². The van der Waals surface area contributed by atoms with Crippen molar-refractivity contribution in [2.75, 3.05) is 5.32 Å². The van der Waals surface area contributed by atoms with E-state index in [-0.39, 0.29) is 0 Å². The molecule has 4 heteroatoms. The molecule has 0 aromatic carbocycles. The Morgan fingerprint density at radius 3 is 3.08 bits per heavy atom. The predicted molar refractivity (Wildman–Crippen MR) is 48.5 cm³/mol. The summed E-state index contributed by atoms with van der Waals surface area (Å²) in [6.07, 6.45) is 6.25.